The number of benzene rings is 1. The number of ether oxygens (including phenoxy) is 1. The molecular formula is C20H31F3N4O2. The van der Waals surface area contributed by atoms with Crippen molar-refractivity contribution >= 4 is 12.1 Å². The molecule has 0 saturated heterocycles. The van der Waals surface area contributed by atoms with Gasteiger partial charge in [0.05, 0.1) is 13.0 Å². The third-order valence-corrected chi connectivity index (χ3v) is 3.61. The summed E-state index contributed by atoms with van der Waals surface area (Å²) in [5, 5.41) is 5.60. The molecule has 0 aliphatic carbocycles. The van der Waals surface area contributed by atoms with E-state index in [2.05, 4.69) is 15.6 Å². The summed E-state index contributed by atoms with van der Waals surface area (Å²) in [5.41, 5.74) is 1.29. The highest BCUT2D eigenvalue weighted by Gasteiger charge is 2.26. The van der Waals surface area contributed by atoms with Crippen LogP contribution in [0.5, 0.6) is 0 Å². The summed E-state index contributed by atoms with van der Waals surface area (Å²) in [6.07, 6.45) is -5.52. The van der Waals surface area contributed by atoms with Crippen LogP contribution in [0.1, 0.15) is 45.2 Å². The van der Waals surface area contributed by atoms with Crippen molar-refractivity contribution in [2.24, 2.45) is 4.99 Å². The molecule has 1 aromatic rings. The topological polar surface area (TPSA) is 66.0 Å². The van der Waals surface area contributed by atoms with Crippen LogP contribution < -0.4 is 10.6 Å². The van der Waals surface area contributed by atoms with Gasteiger partial charge in [0.25, 0.3) is 0 Å². The number of carbonyl (C=O) groups is 1. The Hall–Kier alpha value is -2.45. The van der Waals surface area contributed by atoms with Crippen molar-refractivity contribution in [3.8, 4) is 0 Å². The molecule has 0 atom stereocenters. The van der Waals surface area contributed by atoms with Gasteiger partial charge in [0.1, 0.15) is 5.60 Å². The molecule has 0 radical (unpaired) electrons. The van der Waals surface area contributed by atoms with Crippen LogP contribution in [0.2, 0.25) is 0 Å². The monoisotopic (exact) mass is 416 g/mol. The minimum atomic E-state index is -4.20. The summed E-state index contributed by atoms with van der Waals surface area (Å²) in [6, 6.07) is 7.52. The number of guanidine groups is 1. The third kappa shape index (κ3) is 11.2. The quantitative estimate of drug-likeness (QED) is 0.520. The minimum absolute atomic E-state index is 0.231. The number of amides is 1. The van der Waals surface area contributed by atoms with Gasteiger partial charge < -0.3 is 20.3 Å². The van der Waals surface area contributed by atoms with Crippen molar-refractivity contribution in [2.45, 2.75) is 59.0 Å². The Kier molecular flexibility index (Phi) is 9.26. The third-order valence-electron chi connectivity index (χ3n) is 3.61. The van der Waals surface area contributed by atoms with Gasteiger partial charge in [-0.2, -0.15) is 13.2 Å². The molecule has 0 aliphatic rings. The van der Waals surface area contributed by atoms with E-state index in [0.29, 0.717) is 25.6 Å². The Bertz CT molecular complexity index is 668. The fraction of sp³-hybridized carbons (Fsp3) is 0.600. The molecule has 0 aromatic heterocycles. The lowest BCUT2D eigenvalue weighted by Gasteiger charge is -2.24. The Morgan fingerprint density at radius 2 is 1.69 bits per heavy atom. The van der Waals surface area contributed by atoms with E-state index in [4.69, 9.17) is 4.74 Å². The molecular weight excluding hydrogens is 385 g/mol. The molecule has 0 fully saturated rings. The Labute approximate surface area is 170 Å². The molecule has 9 heteroatoms. The van der Waals surface area contributed by atoms with Crippen molar-refractivity contribution in [2.75, 3.05) is 20.1 Å². The van der Waals surface area contributed by atoms with Crippen LogP contribution in [-0.4, -0.2) is 48.9 Å². The van der Waals surface area contributed by atoms with Crippen molar-refractivity contribution in [1.29, 1.82) is 0 Å². The molecule has 0 bridgehead atoms. The predicted octanol–water partition coefficient (Wildman–Crippen LogP) is 4.06. The summed E-state index contributed by atoms with van der Waals surface area (Å²) in [5.74, 6) is 0.338. The van der Waals surface area contributed by atoms with Crippen LogP contribution in [0.4, 0.5) is 18.0 Å². The van der Waals surface area contributed by atoms with Gasteiger partial charge in [0.2, 0.25) is 0 Å². The molecule has 1 amide bonds. The van der Waals surface area contributed by atoms with Crippen LogP contribution in [0.3, 0.4) is 0 Å². The maximum absolute atomic E-state index is 12.3. The van der Waals surface area contributed by atoms with E-state index < -0.39 is 24.3 Å². The fourth-order valence-corrected chi connectivity index (χ4v) is 2.26. The predicted molar refractivity (Wildman–Crippen MR) is 108 cm³/mol. The lowest BCUT2D eigenvalue weighted by atomic mass is 10.1. The van der Waals surface area contributed by atoms with Gasteiger partial charge in [-0.1, -0.05) is 24.3 Å². The fourth-order valence-electron chi connectivity index (χ4n) is 2.26. The van der Waals surface area contributed by atoms with Gasteiger partial charge in [-0.15, -0.1) is 0 Å². The van der Waals surface area contributed by atoms with Crippen LogP contribution in [0.25, 0.3) is 0 Å². The minimum Gasteiger partial charge on any atom is -0.444 e. The number of nitrogens with zero attached hydrogens (tertiary/aromatic N) is 2. The first-order chi connectivity index (χ1) is 13.4. The lowest BCUT2D eigenvalue weighted by molar-refractivity contribution is -0.132. The zero-order valence-electron chi connectivity index (χ0n) is 17.7. The Balaban J connectivity index is 2.60. The number of hydrogen-bond acceptors (Lipinski definition) is 3. The van der Waals surface area contributed by atoms with Gasteiger partial charge in [0, 0.05) is 26.7 Å². The van der Waals surface area contributed by atoms with Gasteiger partial charge in [-0.25, -0.2) is 9.79 Å². The van der Waals surface area contributed by atoms with E-state index in [9.17, 15) is 18.0 Å². The zero-order chi connectivity index (χ0) is 22.1. The number of nitrogens with one attached hydrogen (secondary N) is 2. The number of carbonyl (C=O) groups excluding carboxylic acids is 1. The van der Waals surface area contributed by atoms with Gasteiger partial charge in [0.15, 0.2) is 5.96 Å². The van der Waals surface area contributed by atoms with Crippen molar-refractivity contribution in [1.82, 2.24) is 15.5 Å². The van der Waals surface area contributed by atoms with Crippen LogP contribution in [0, 0.1) is 0 Å². The highest BCUT2D eigenvalue weighted by atomic mass is 19.4. The number of halogens is 3. The van der Waals surface area contributed by atoms with Crippen molar-refractivity contribution < 1.29 is 22.7 Å². The summed E-state index contributed by atoms with van der Waals surface area (Å²) >= 11 is 0. The number of aliphatic imine (C=N–C) groups is 1. The molecule has 1 rings (SSSR count). The number of alkyl halides is 3. The molecule has 0 heterocycles. The summed E-state index contributed by atoms with van der Waals surface area (Å²) < 4.78 is 42.1. The highest BCUT2D eigenvalue weighted by molar-refractivity contribution is 5.79. The summed E-state index contributed by atoms with van der Waals surface area (Å²) in [6.45, 7) is 8.33. The van der Waals surface area contributed by atoms with Gasteiger partial charge >= 0.3 is 12.3 Å². The van der Waals surface area contributed by atoms with Gasteiger partial charge in [-0.3, -0.25) is 0 Å². The first kappa shape index (κ1) is 24.6. The van der Waals surface area contributed by atoms with Crippen LogP contribution in [0.15, 0.2) is 29.3 Å². The first-order valence-electron chi connectivity index (χ1n) is 9.50. The second-order valence-electron chi connectivity index (χ2n) is 7.64. The van der Waals surface area contributed by atoms with Crippen molar-refractivity contribution in [3.05, 3.63) is 35.4 Å². The number of hydrogen-bond donors (Lipinski definition) is 2. The zero-order valence-corrected chi connectivity index (χ0v) is 17.7. The van der Waals surface area contributed by atoms with Crippen LogP contribution in [-0.2, 0) is 17.8 Å². The normalized spacial score (nSPS) is 12.5. The molecule has 0 unspecified atom stereocenters. The maximum atomic E-state index is 12.3. The van der Waals surface area contributed by atoms with Crippen molar-refractivity contribution in [3.63, 3.8) is 0 Å². The molecule has 164 valence electrons. The lowest BCUT2D eigenvalue weighted by Crippen LogP contribution is -2.38. The first-order valence-corrected chi connectivity index (χ1v) is 9.50. The van der Waals surface area contributed by atoms with E-state index in [1.54, 1.807) is 7.05 Å². The standard InChI is InChI=1S/C20H31F3N4O2/c1-6-24-17(25-12-11-20(21,22)23)26-13-15-7-9-16(10-8-15)14-27(5)18(28)29-19(2,3)4/h7-10H,6,11-14H2,1-5H3,(H2,24,25,26). The van der Waals surface area contributed by atoms with E-state index >= 15 is 0 Å². The molecule has 1 aromatic carbocycles. The SMILES string of the molecule is CCNC(=NCc1ccc(CN(C)C(=O)OC(C)(C)C)cc1)NCCC(F)(F)F. The summed E-state index contributed by atoms with van der Waals surface area (Å²) in [7, 11) is 1.67. The second kappa shape index (κ2) is 10.9. The highest BCUT2D eigenvalue weighted by Crippen LogP contribution is 2.18. The largest absolute Gasteiger partial charge is 0.444 e. The van der Waals surface area contributed by atoms with Crippen LogP contribution >= 0.6 is 0 Å². The average molecular weight is 416 g/mol. The maximum Gasteiger partial charge on any atom is 0.410 e. The van der Waals surface area contributed by atoms with E-state index in [0.717, 1.165) is 11.1 Å². The molecule has 0 aliphatic heterocycles. The molecule has 6 nitrogen and oxygen atoms in total. The molecule has 0 saturated carbocycles. The smallest absolute Gasteiger partial charge is 0.410 e. The Morgan fingerprint density at radius 1 is 1.10 bits per heavy atom. The van der Waals surface area contributed by atoms with E-state index in [1.807, 2.05) is 52.0 Å². The van der Waals surface area contributed by atoms with E-state index in [-0.39, 0.29) is 6.54 Å². The average Bonchev–Trinajstić information content (AvgIpc) is 2.58. The number of rotatable bonds is 7. The second-order valence-corrected chi connectivity index (χ2v) is 7.64. The summed E-state index contributed by atoms with van der Waals surface area (Å²) in [4.78, 5) is 17.8. The molecule has 0 spiro atoms. The molecule has 2 N–H and O–H groups in total. The molecule has 29 heavy (non-hydrogen) atoms. The van der Waals surface area contributed by atoms with Gasteiger partial charge in [-0.05, 0) is 38.8 Å². The van der Waals surface area contributed by atoms with E-state index in [1.165, 1.54) is 4.90 Å². The Morgan fingerprint density at radius 3 is 2.21 bits per heavy atom.